The summed E-state index contributed by atoms with van der Waals surface area (Å²) in [5.41, 5.74) is 64.1. The van der Waals surface area contributed by atoms with Crippen LogP contribution in [0.5, 0.6) is 0 Å². The molecule has 0 aromatic rings. The summed E-state index contributed by atoms with van der Waals surface area (Å²) in [5, 5.41) is 182. The summed E-state index contributed by atoms with van der Waals surface area (Å²) < 4.78 is 80.7. The fourth-order valence-corrected chi connectivity index (χ4v) is 11.2. The van der Waals surface area contributed by atoms with E-state index in [4.69, 9.17) is 77.4 Å². The number of rotatable bonds is 27. The Hall–Kier alpha value is -5.95. The lowest BCUT2D eigenvalue weighted by Gasteiger charge is -2.50. The molecular weight excluding hydrogens is 1270 g/mol. The van der Waals surface area contributed by atoms with Crippen LogP contribution < -0.4 is 0 Å². The van der Waals surface area contributed by atoms with Crippen molar-refractivity contribution in [2.45, 2.75) is 216 Å². The summed E-state index contributed by atoms with van der Waals surface area (Å²) in [6, 6.07) is 0. The molecule has 35 atom stereocenters. The molecule has 0 bridgehead atoms. The van der Waals surface area contributed by atoms with E-state index in [1.54, 1.807) is 0 Å². The van der Waals surface area contributed by atoms with Gasteiger partial charge in [-0.2, -0.15) is 0 Å². The van der Waals surface area contributed by atoms with Gasteiger partial charge in [-0.1, -0.05) is 42.7 Å². The number of hydrogen-bond acceptors (Lipinski definition) is 35. The maximum Gasteiger partial charge on any atom is 0.187 e. The lowest BCUT2D eigenvalue weighted by atomic mass is 9.90. The van der Waals surface area contributed by atoms with Gasteiger partial charge in [0.15, 0.2) is 44.0 Å². The van der Waals surface area contributed by atoms with Crippen molar-refractivity contribution in [1.29, 1.82) is 0 Å². The predicted octanol–water partition coefficient (Wildman–Crippen LogP) is -5.12. The van der Waals surface area contributed by atoms with E-state index in [1.807, 2.05) is 0 Å². The number of hydrogen-bond donors (Lipinski definition) is 14. The molecule has 14 N–H and O–H groups in total. The Labute approximate surface area is 520 Å². The third-order valence-electron chi connectivity index (χ3n) is 16.2. The highest BCUT2D eigenvalue weighted by Crippen LogP contribution is 2.39. The molecule has 7 heterocycles. The molecule has 7 fully saturated rings. The van der Waals surface area contributed by atoms with Gasteiger partial charge in [0, 0.05) is 47.4 Å². The van der Waals surface area contributed by atoms with Crippen LogP contribution in [0.15, 0.2) is 35.8 Å². The van der Waals surface area contributed by atoms with E-state index in [0.29, 0.717) is 0 Å². The normalized spacial score (nSPS) is 45.8. The fraction of sp³-hybridized carbons (Fsp3) is 1.00. The summed E-state index contributed by atoms with van der Waals surface area (Å²) >= 11 is 0. The topological polar surface area (TPSA) is 754 Å². The summed E-state index contributed by atoms with van der Waals surface area (Å²) in [7, 11) is 1.14. The molecule has 0 aromatic carbocycles. The second kappa shape index (κ2) is 34.6. The highest BCUT2D eigenvalue weighted by molar-refractivity contribution is 5.02. The van der Waals surface area contributed by atoms with Crippen LogP contribution in [0.1, 0.15) is 6.92 Å². The van der Waals surface area contributed by atoms with E-state index in [-0.39, 0.29) is 6.54 Å². The quantitative estimate of drug-likeness (QED) is 0.0208. The first-order valence-corrected chi connectivity index (χ1v) is 28.2. The Kier molecular flexibility index (Phi) is 27.7. The van der Waals surface area contributed by atoms with Crippen LogP contribution in [0, 0.1) is 5.92 Å². The SMILES string of the molecule is CO[C@H]1OC(CN=[N+]=[N-])[C@@H](O[C@H]2OC(CN=[N+]=[N-])[C@@H](O[C@H]3OC(CN=[N+]=[N-])[C@@H](O[C@H]4OC(CN=[N+]=[N-])[C@@H](O[C@H]5OC(CN=[N+]=[N-])[C@@H](O[C@H]6OC(CN=[N+]=[N-])[C@@H](O[C@H]7OC(CN=[N+]=[N-])[C@@H](C)[C@H](O)C7O)[C@H](O)C6O)[C@H](O)C5O)[C@H](O)C4O)[C@H](O)C3O)[C@H](O)C2O)[C@H](O)C1O. The van der Waals surface area contributed by atoms with Crippen LogP contribution in [-0.4, -0.2) is 333 Å². The molecule has 93 heavy (non-hydrogen) atoms. The summed E-state index contributed by atoms with van der Waals surface area (Å²) in [6.07, 6.45) is -64.9. The predicted molar refractivity (Wildman–Crippen MR) is 288 cm³/mol. The molecular formula is C44H69N21O28. The van der Waals surface area contributed by atoms with Gasteiger partial charge in [0.25, 0.3) is 0 Å². The molecule has 49 heteroatoms. The van der Waals surface area contributed by atoms with Crippen molar-refractivity contribution >= 4 is 0 Å². The van der Waals surface area contributed by atoms with E-state index >= 15 is 0 Å². The molecule has 7 saturated heterocycles. The minimum atomic E-state index is -2.31. The van der Waals surface area contributed by atoms with Gasteiger partial charge in [0.2, 0.25) is 0 Å². The molecule has 7 aliphatic rings. The van der Waals surface area contributed by atoms with Crippen LogP contribution in [0.25, 0.3) is 73.1 Å². The van der Waals surface area contributed by atoms with E-state index < -0.39 is 254 Å². The summed E-state index contributed by atoms with van der Waals surface area (Å²) in [4.78, 5) is 18.6. The van der Waals surface area contributed by atoms with Crippen molar-refractivity contribution in [2.75, 3.05) is 52.9 Å². The number of nitrogens with zero attached hydrogens (tertiary/aromatic N) is 21. The van der Waals surface area contributed by atoms with Crippen LogP contribution in [0.4, 0.5) is 0 Å². The molecule has 0 saturated carbocycles. The largest absolute Gasteiger partial charge is 0.390 e. The van der Waals surface area contributed by atoms with Crippen LogP contribution in [-0.2, 0) is 66.3 Å². The molecule has 0 amide bonds. The van der Waals surface area contributed by atoms with Gasteiger partial charge in [0.1, 0.15) is 116 Å². The van der Waals surface area contributed by atoms with E-state index in [2.05, 4.69) is 70.2 Å². The maximum atomic E-state index is 11.7. The molecule has 0 aromatic heterocycles. The monoisotopic (exact) mass is 1340 g/mol. The molecule has 0 radical (unpaired) electrons. The van der Waals surface area contributed by atoms with Gasteiger partial charge in [-0.15, -0.1) is 0 Å². The zero-order valence-corrected chi connectivity index (χ0v) is 48.5. The van der Waals surface area contributed by atoms with E-state index in [1.165, 1.54) is 6.92 Å². The van der Waals surface area contributed by atoms with Gasteiger partial charge in [-0.25, -0.2) is 0 Å². The maximum absolute atomic E-state index is 11.7. The van der Waals surface area contributed by atoms with Gasteiger partial charge in [0.05, 0.1) is 94.6 Å². The Morgan fingerprint density at radius 2 is 0.419 bits per heavy atom. The number of ether oxygens (including phenoxy) is 14. The molecule has 0 spiro atoms. The number of aliphatic hydroxyl groups excluding tert-OH is 14. The van der Waals surface area contributed by atoms with Crippen molar-refractivity contribution in [3.63, 3.8) is 0 Å². The summed E-state index contributed by atoms with van der Waals surface area (Å²) in [6.45, 7) is -3.14. The van der Waals surface area contributed by atoms with E-state index in [9.17, 15) is 99.1 Å². The Bertz CT molecular complexity index is 2800. The molecule has 49 nitrogen and oxygen atoms in total. The Balaban J connectivity index is 1.04. The minimum absolute atomic E-state index is 0.328. The van der Waals surface area contributed by atoms with Gasteiger partial charge < -0.3 is 138 Å². The standard InChI is InChI=1S/C44H69N21O28/c1-10-11(3-52-59-45)81-39(25(73)18(10)66)88-33-13(5-54-61-47)83-41(27(75)20(33)68)90-35-15(7-56-63-49)85-43(29(77)22(35)70)92-37-17(9-58-65-51)87-44(31(79)24(37)72)93-36-16(8-57-64-50)86-42(30(78)23(36)71)91-34-14(6-55-62-48)84-40(28(76)21(34)69)89-32-12(4-53-60-46)82-38(80-2)26(74)19(32)67/h10-44,66-79H,3-9H2,1-2H3/t10-,11?,12?,13?,14?,15?,16?,17?,18+,19-,20-,21-,22-,23-,24-,25?,26?,27?,28?,29?,30?,31?,32-,33-,34-,35-,36-,37-,38+,39-,40-,41-,42-,43-,44-/m1/s1. The fourth-order valence-electron chi connectivity index (χ4n) is 11.2. The minimum Gasteiger partial charge on any atom is -0.390 e. The molecule has 14 unspecified atom stereocenters. The second-order valence-electron chi connectivity index (χ2n) is 21.8. The Morgan fingerprint density at radius 3 is 0.613 bits per heavy atom. The van der Waals surface area contributed by atoms with Crippen molar-refractivity contribution in [2.24, 2.45) is 41.7 Å². The summed E-state index contributed by atoms with van der Waals surface area (Å²) in [5.74, 6) is -0.805. The average Bonchev–Trinajstić information content (AvgIpc) is 0.817. The lowest BCUT2D eigenvalue weighted by molar-refractivity contribution is -0.392. The third kappa shape index (κ3) is 17.2. The van der Waals surface area contributed by atoms with Crippen molar-refractivity contribution in [3.8, 4) is 0 Å². The van der Waals surface area contributed by atoms with Crippen LogP contribution in [0.2, 0.25) is 0 Å². The smallest absolute Gasteiger partial charge is 0.187 e. The first-order chi connectivity index (χ1) is 44.5. The molecule has 7 rings (SSSR count). The van der Waals surface area contributed by atoms with Gasteiger partial charge >= 0.3 is 0 Å². The van der Waals surface area contributed by atoms with Crippen LogP contribution in [0.3, 0.4) is 0 Å². The Morgan fingerprint density at radius 1 is 0.258 bits per heavy atom. The number of aliphatic hydroxyl groups is 14. The van der Waals surface area contributed by atoms with E-state index in [0.717, 1.165) is 7.11 Å². The second-order valence-corrected chi connectivity index (χ2v) is 21.8. The highest BCUT2D eigenvalue weighted by Gasteiger charge is 2.58. The zero-order chi connectivity index (χ0) is 68.0. The highest BCUT2D eigenvalue weighted by atomic mass is 16.8. The van der Waals surface area contributed by atoms with Crippen LogP contribution >= 0.6 is 0 Å². The first-order valence-electron chi connectivity index (χ1n) is 28.2. The average molecular weight is 1340 g/mol. The van der Waals surface area contributed by atoms with Gasteiger partial charge in [-0.05, 0) is 38.7 Å². The lowest BCUT2D eigenvalue weighted by Crippen LogP contribution is -2.68. The van der Waals surface area contributed by atoms with Crippen molar-refractivity contribution < 1.29 is 138 Å². The molecule has 7 aliphatic heterocycles. The molecule has 518 valence electrons. The first kappa shape index (κ1) is 74.4. The van der Waals surface area contributed by atoms with Crippen molar-refractivity contribution in [1.82, 2.24) is 0 Å². The third-order valence-corrected chi connectivity index (χ3v) is 16.2. The van der Waals surface area contributed by atoms with Crippen molar-refractivity contribution in [3.05, 3.63) is 73.1 Å². The number of azide groups is 7. The number of methoxy groups -OCH3 is 1. The zero-order valence-electron chi connectivity index (χ0n) is 48.5. The molecule has 0 aliphatic carbocycles. The van der Waals surface area contributed by atoms with Gasteiger partial charge in [-0.3, -0.25) is 0 Å².